The van der Waals surface area contributed by atoms with Gasteiger partial charge in [-0.15, -0.1) is 0 Å². The van der Waals surface area contributed by atoms with Crippen LogP contribution in [-0.2, 0) is 6.54 Å². The Hall–Kier alpha value is -2.58. The molecule has 102 valence electrons. The molecule has 1 amide bonds. The number of nitrogens with two attached hydrogens (primary N) is 1. The van der Waals surface area contributed by atoms with E-state index < -0.39 is 0 Å². The number of aromatic nitrogens is 2. The van der Waals surface area contributed by atoms with E-state index in [1.54, 1.807) is 18.5 Å². The van der Waals surface area contributed by atoms with Crippen LogP contribution in [0, 0.1) is 18.8 Å². The summed E-state index contributed by atoms with van der Waals surface area (Å²) in [6.07, 6.45) is 3.37. The van der Waals surface area contributed by atoms with Crippen molar-refractivity contribution in [3.8, 4) is 11.8 Å². The number of nitrogens with one attached hydrogen (secondary N) is 2. The summed E-state index contributed by atoms with van der Waals surface area (Å²) in [5.41, 5.74) is 7.79. The van der Waals surface area contributed by atoms with Crippen LogP contribution in [0.25, 0.3) is 0 Å². The van der Waals surface area contributed by atoms with Gasteiger partial charge in [0.15, 0.2) is 0 Å². The first-order valence-corrected chi connectivity index (χ1v) is 6.26. The molecule has 0 aliphatic rings. The fourth-order valence-corrected chi connectivity index (χ4v) is 1.75. The van der Waals surface area contributed by atoms with E-state index in [0.29, 0.717) is 18.7 Å². The molecule has 0 saturated carbocycles. The molecule has 1 heterocycles. The lowest BCUT2D eigenvalue weighted by Crippen LogP contribution is -2.23. The lowest BCUT2D eigenvalue weighted by Gasteiger charge is -2.05. The second kappa shape index (κ2) is 6.55. The van der Waals surface area contributed by atoms with Crippen LogP contribution in [0.15, 0.2) is 30.6 Å². The van der Waals surface area contributed by atoms with Gasteiger partial charge in [-0.1, -0.05) is 11.8 Å². The largest absolute Gasteiger partial charge is 0.347 e. The van der Waals surface area contributed by atoms with Gasteiger partial charge >= 0.3 is 0 Å². The van der Waals surface area contributed by atoms with Crippen LogP contribution in [0.3, 0.4) is 0 Å². The van der Waals surface area contributed by atoms with E-state index in [4.69, 9.17) is 5.73 Å². The quantitative estimate of drug-likeness (QED) is 0.725. The fraction of sp³-hybridized carbons (Fsp3) is 0.200. The average molecular weight is 268 g/mol. The summed E-state index contributed by atoms with van der Waals surface area (Å²) >= 11 is 0. The first-order chi connectivity index (χ1) is 9.70. The molecule has 2 rings (SSSR count). The first-order valence-electron chi connectivity index (χ1n) is 6.26. The van der Waals surface area contributed by atoms with Crippen molar-refractivity contribution in [2.45, 2.75) is 13.5 Å². The van der Waals surface area contributed by atoms with Crippen LogP contribution in [0.4, 0.5) is 0 Å². The maximum Gasteiger partial charge on any atom is 0.251 e. The van der Waals surface area contributed by atoms with Gasteiger partial charge in [-0.2, -0.15) is 0 Å². The smallest absolute Gasteiger partial charge is 0.251 e. The number of H-pyrrole nitrogens is 1. The van der Waals surface area contributed by atoms with Gasteiger partial charge in [0.05, 0.1) is 13.1 Å². The van der Waals surface area contributed by atoms with Crippen LogP contribution in [0.1, 0.15) is 27.3 Å². The predicted molar refractivity (Wildman–Crippen MR) is 76.9 cm³/mol. The zero-order valence-corrected chi connectivity index (χ0v) is 11.2. The normalized spacial score (nSPS) is 9.70. The molecule has 5 heteroatoms. The monoisotopic (exact) mass is 268 g/mol. The molecule has 20 heavy (non-hydrogen) atoms. The first kappa shape index (κ1) is 13.8. The van der Waals surface area contributed by atoms with Crippen LogP contribution in [-0.4, -0.2) is 22.4 Å². The number of amides is 1. The van der Waals surface area contributed by atoms with Crippen molar-refractivity contribution in [1.82, 2.24) is 15.3 Å². The molecule has 0 fully saturated rings. The Morgan fingerprint density at radius 2 is 2.35 bits per heavy atom. The molecule has 1 aromatic heterocycles. The zero-order chi connectivity index (χ0) is 14.4. The van der Waals surface area contributed by atoms with Crippen molar-refractivity contribution in [3.05, 3.63) is 53.1 Å². The van der Waals surface area contributed by atoms with Gasteiger partial charge < -0.3 is 16.0 Å². The second-order valence-corrected chi connectivity index (χ2v) is 4.25. The Bertz CT molecular complexity index is 650. The number of carbonyl (C=O) groups is 1. The number of benzene rings is 1. The van der Waals surface area contributed by atoms with Gasteiger partial charge in [-0.05, 0) is 30.7 Å². The van der Waals surface area contributed by atoms with Crippen LogP contribution >= 0.6 is 0 Å². The van der Waals surface area contributed by atoms with E-state index in [1.807, 2.05) is 19.1 Å². The SMILES string of the molecule is Cc1cc(C(=O)NCc2ncc[nH]2)ccc1C#CCN. The third kappa shape index (κ3) is 3.46. The summed E-state index contributed by atoms with van der Waals surface area (Å²) in [4.78, 5) is 19.0. The van der Waals surface area contributed by atoms with Crippen molar-refractivity contribution in [2.75, 3.05) is 6.54 Å². The molecule has 0 spiro atoms. The van der Waals surface area contributed by atoms with E-state index in [2.05, 4.69) is 27.1 Å². The molecule has 0 atom stereocenters. The summed E-state index contributed by atoms with van der Waals surface area (Å²) in [5, 5.41) is 2.80. The Morgan fingerprint density at radius 3 is 3.00 bits per heavy atom. The molecular weight excluding hydrogens is 252 g/mol. The highest BCUT2D eigenvalue weighted by Gasteiger charge is 2.07. The van der Waals surface area contributed by atoms with Gasteiger partial charge in [-0.3, -0.25) is 4.79 Å². The number of nitrogens with zero attached hydrogens (tertiary/aromatic N) is 1. The van der Waals surface area contributed by atoms with Crippen molar-refractivity contribution in [1.29, 1.82) is 0 Å². The molecule has 1 aromatic carbocycles. The second-order valence-electron chi connectivity index (χ2n) is 4.25. The summed E-state index contributed by atoms with van der Waals surface area (Å²) in [6, 6.07) is 5.41. The van der Waals surface area contributed by atoms with Crippen LogP contribution in [0.5, 0.6) is 0 Å². The highest BCUT2D eigenvalue weighted by molar-refractivity contribution is 5.94. The summed E-state index contributed by atoms with van der Waals surface area (Å²) < 4.78 is 0. The summed E-state index contributed by atoms with van der Waals surface area (Å²) in [6.45, 7) is 2.62. The van der Waals surface area contributed by atoms with Crippen LogP contribution in [0.2, 0.25) is 0 Å². The third-order valence-corrected chi connectivity index (χ3v) is 2.78. The molecule has 0 aliphatic carbocycles. The highest BCUT2D eigenvalue weighted by atomic mass is 16.1. The number of aryl methyl sites for hydroxylation is 1. The van der Waals surface area contributed by atoms with E-state index in [-0.39, 0.29) is 5.91 Å². The van der Waals surface area contributed by atoms with E-state index in [1.165, 1.54) is 0 Å². The molecule has 4 N–H and O–H groups in total. The van der Waals surface area contributed by atoms with Gasteiger partial charge in [0.25, 0.3) is 5.91 Å². The average Bonchev–Trinajstić information content (AvgIpc) is 2.96. The zero-order valence-electron chi connectivity index (χ0n) is 11.2. The molecule has 0 unspecified atom stereocenters. The van der Waals surface area contributed by atoms with Gasteiger partial charge in [-0.25, -0.2) is 4.98 Å². The molecule has 0 bridgehead atoms. The lowest BCUT2D eigenvalue weighted by molar-refractivity contribution is 0.0950. The number of hydrogen-bond acceptors (Lipinski definition) is 3. The van der Waals surface area contributed by atoms with Gasteiger partial charge in [0.2, 0.25) is 0 Å². The Morgan fingerprint density at radius 1 is 1.50 bits per heavy atom. The summed E-state index contributed by atoms with van der Waals surface area (Å²) in [7, 11) is 0. The molecule has 2 aromatic rings. The Labute approximate surface area is 117 Å². The topological polar surface area (TPSA) is 83.8 Å². The van der Waals surface area contributed by atoms with Gasteiger partial charge in [0.1, 0.15) is 5.82 Å². The number of carbonyl (C=O) groups excluding carboxylic acids is 1. The molecule has 0 saturated heterocycles. The highest BCUT2D eigenvalue weighted by Crippen LogP contribution is 2.10. The number of hydrogen-bond donors (Lipinski definition) is 3. The third-order valence-electron chi connectivity index (χ3n) is 2.78. The summed E-state index contributed by atoms with van der Waals surface area (Å²) in [5.74, 6) is 6.36. The predicted octanol–water partition coefficient (Wildman–Crippen LogP) is 0.958. The Kier molecular flexibility index (Phi) is 4.53. The molecule has 0 radical (unpaired) electrons. The lowest BCUT2D eigenvalue weighted by atomic mass is 10.0. The van der Waals surface area contributed by atoms with E-state index >= 15 is 0 Å². The fourth-order valence-electron chi connectivity index (χ4n) is 1.75. The van der Waals surface area contributed by atoms with Gasteiger partial charge in [0, 0.05) is 23.5 Å². The number of imidazole rings is 1. The van der Waals surface area contributed by atoms with Crippen molar-refractivity contribution in [2.24, 2.45) is 5.73 Å². The number of rotatable bonds is 3. The van der Waals surface area contributed by atoms with Crippen molar-refractivity contribution < 1.29 is 4.79 Å². The van der Waals surface area contributed by atoms with Crippen LogP contribution < -0.4 is 11.1 Å². The maximum absolute atomic E-state index is 12.0. The molecule has 0 aliphatic heterocycles. The van der Waals surface area contributed by atoms with Crippen molar-refractivity contribution in [3.63, 3.8) is 0 Å². The molecule has 5 nitrogen and oxygen atoms in total. The molecular formula is C15H16N4O. The minimum atomic E-state index is -0.136. The maximum atomic E-state index is 12.0. The minimum absolute atomic E-state index is 0.136. The van der Waals surface area contributed by atoms with E-state index in [9.17, 15) is 4.79 Å². The number of aromatic amines is 1. The van der Waals surface area contributed by atoms with E-state index in [0.717, 1.165) is 17.0 Å². The Balaban J connectivity index is 2.05. The standard InChI is InChI=1S/C15H16N4O/c1-11-9-13(5-4-12(11)3-2-6-16)15(20)19-10-14-17-7-8-18-14/h4-5,7-9H,6,10,16H2,1H3,(H,17,18)(H,19,20). The van der Waals surface area contributed by atoms with Crippen molar-refractivity contribution >= 4 is 5.91 Å². The minimum Gasteiger partial charge on any atom is -0.347 e.